The Balaban J connectivity index is 1.45. The summed E-state index contributed by atoms with van der Waals surface area (Å²) in [7, 11) is 3.01. The second kappa shape index (κ2) is 7.86. The van der Waals surface area contributed by atoms with Crippen LogP contribution in [0.2, 0.25) is 0 Å². The van der Waals surface area contributed by atoms with Gasteiger partial charge in [-0.2, -0.15) is 0 Å². The summed E-state index contributed by atoms with van der Waals surface area (Å²) in [4.78, 5) is 40.6. The Morgan fingerprint density at radius 3 is 2.35 bits per heavy atom. The lowest BCUT2D eigenvalue weighted by Gasteiger charge is -2.32. The third-order valence-corrected chi connectivity index (χ3v) is 5.16. The molecule has 2 fully saturated rings. The maximum Gasteiger partial charge on any atom is 0.326 e. The van der Waals surface area contributed by atoms with Crippen LogP contribution in [0.4, 0.5) is 4.79 Å². The van der Waals surface area contributed by atoms with Crippen molar-refractivity contribution >= 4 is 17.8 Å². The zero-order valence-corrected chi connectivity index (χ0v) is 15.3. The van der Waals surface area contributed by atoms with Gasteiger partial charge in [-0.15, -0.1) is 0 Å². The highest BCUT2D eigenvalue weighted by Crippen LogP contribution is 2.20. The molecule has 1 aromatic rings. The van der Waals surface area contributed by atoms with Gasteiger partial charge in [-0.25, -0.2) is 4.79 Å². The van der Waals surface area contributed by atoms with Crippen LogP contribution in [0.5, 0.6) is 0 Å². The van der Waals surface area contributed by atoms with Gasteiger partial charge in [-0.3, -0.25) is 14.5 Å². The molecule has 2 aliphatic heterocycles. The highest BCUT2D eigenvalue weighted by atomic mass is 16.5. The number of amides is 4. The molecule has 0 spiro atoms. The molecule has 0 unspecified atom stereocenters. The van der Waals surface area contributed by atoms with Gasteiger partial charge in [0.05, 0.1) is 19.1 Å². The van der Waals surface area contributed by atoms with Gasteiger partial charge in [-0.05, 0) is 18.4 Å². The minimum absolute atomic E-state index is 0.0426. The predicted molar refractivity (Wildman–Crippen MR) is 95.2 cm³/mol. The summed E-state index contributed by atoms with van der Waals surface area (Å²) in [5, 5.41) is 0. The maximum atomic E-state index is 12.5. The van der Waals surface area contributed by atoms with Gasteiger partial charge >= 0.3 is 6.03 Å². The lowest BCUT2D eigenvalue weighted by Crippen LogP contribution is -2.44. The van der Waals surface area contributed by atoms with E-state index < -0.39 is 6.04 Å². The highest BCUT2D eigenvalue weighted by molar-refractivity contribution is 6.05. The molecule has 0 aromatic heterocycles. The number of carbonyl (C=O) groups excluding carboxylic acids is 3. The quantitative estimate of drug-likeness (QED) is 0.747. The molecule has 2 saturated heterocycles. The molecule has 3 rings (SSSR count). The highest BCUT2D eigenvalue weighted by Gasteiger charge is 2.42. The molecule has 1 aromatic carbocycles. The Hall–Kier alpha value is -2.41. The Bertz CT molecular complexity index is 671. The number of nitrogens with zero attached hydrogens (tertiary/aromatic N) is 3. The molecular weight excluding hydrogens is 334 g/mol. The summed E-state index contributed by atoms with van der Waals surface area (Å²) < 4.78 is 5.94. The lowest BCUT2D eigenvalue weighted by molar-refractivity contribution is -0.138. The van der Waals surface area contributed by atoms with Gasteiger partial charge in [0.15, 0.2) is 0 Å². The summed E-state index contributed by atoms with van der Waals surface area (Å²) in [6.07, 6.45) is 1.75. The zero-order valence-electron chi connectivity index (χ0n) is 15.3. The second-order valence-corrected chi connectivity index (χ2v) is 6.89. The summed E-state index contributed by atoms with van der Waals surface area (Å²) in [6, 6.07) is 8.98. The van der Waals surface area contributed by atoms with Crippen LogP contribution < -0.4 is 0 Å². The topological polar surface area (TPSA) is 70.2 Å². The molecule has 0 bridgehead atoms. The predicted octanol–water partition coefficient (Wildman–Crippen LogP) is 1.48. The van der Waals surface area contributed by atoms with Crippen LogP contribution in [0, 0.1) is 0 Å². The van der Waals surface area contributed by atoms with Crippen molar-refractivity contribution in [2.24, 2.45) is 0 Å². The normalized spacial score (nSPS) is 21.6. The van der Waals surface area contributed by atoms with E-state index in [0.717, 1.165) is 23.3 Å². The van der Waals surface area contributed by atoms with Gasteiger partial charge in [0.2, 0.25) is 5.91 Å². The van der Waals surface area contributed by atoms with E-state index in [1.165, 1.54) is 11.9 Å². The van der Waals surface area contributed by atoms with Crippen LogP contribution in [0.3, 0.4) is 0 Å². The number of benzene rings is 1. The zero-order chi connectivity index (χ0) is 18.7. The van der Waals surface area contributed by atoms with Crippen LogP contribution in [0.25, 0.3) is 0 Å². The Labute approximate surface area is 153 Å². The number of piperidine rings is 1. The first-order chi connectivity index (χ1) is 12.5. The summed E-state index contributed by atoms with van der Waals surface area (Å²) in [6.45, 7) is 1.81. The van der Waals surface area contributed by atoms with Crippen LogP contribution in [-0.4, -0.2) is 71.9 Å². The average molecular weight is 359 g/mol. The smallest absolute Gasteiger partial charge is 0.326 e. The van der Waals surface area contributed by atoms with E-state index in [1.54, 1.807) is 11.9 Å². The fraction of sp³-hybridized carbons (Fsp3) is 0.526. The minimum Gasteiger partial charge on any atom is -0.373 e. The largest absolute Gasteiger partial charge is 0.373 e. The molecule has 1 atom stereocenters. The number of likely N-dealkylation sites (tertiary alicyclic amines) is 1. The fourth-order valence-electron chi connectivity index (χ4n) is 3.43. The summed E-state index contributed by atoms with van der Waals surface area (Å²) in [5.41, 5.74) is 1.14. The molecule has 0 aliphatic carbocycles. The minimum atomic E-state index is -0.688. The molecule has 26 heavy (non-hydrogen) atoms. The number of imide groups is 1. The fourth-order valence-corrected chi connectivity index (χ4v) is 3.43. The van der Waals surface area contributed by atoms with Gasteiger partial charge in [0, 0.05) is 27.2 Å². The molecule has 2 heterocycles. The van der Waals surface area contributed by atoms with Crippen LogP contribution in [-0.2, 0) is 20.9 Å². The van der Waals surface area contributed by atoms with Crippen molar-refractivity contribution in [3.8, 4) is 0 Å². The number of likely N-dealkylation sites (N-methyl/N-ethyl adjacent to an activating group) is 2. The number of ether oxygens (including phenoxy) is 1. The molecular formula is C19H25N3O4. The van der Waals surface area contributed by atoms with Gasteiger partial charge in [0.25, 0.3) is 5.91 Å². The number of rotatable bonds is 5. The van der Waals surface area contributed by atoms with E-state index in [9.17, 15) is 14.4 Å². The first kappa shape index (κ1) is 18.4. The number of urea groups is 1. The lowest BCUT2D eigenvalue weighted by atomic mass is 10.1. The van der Waals surface area contributed by atoms with E-state index >= 15 is 0 Å². The summed E-state index contributed by atoms with van der Waals surface area (Å²) in [5.74, 6) is -0.397. The van der Waals surface area contributed by atoms with Crippen LogP contribution >= 0.6 is 0 Å². The van der Waals surface area contributed by atoms with Crippen molar-refractivity contribution in [2.75, 3.05) is 27.2 Å². The van der Waals surface area contributed by atoms with Crippen LogP contribution in [0.1, 0.15) is 24.8 Å². The van der Waals surface area contributed by atoms with E-state index in [2.05, 4.69) is 0 Å². The van der Waals surface area contributed by atoms with Crippen LogP contribution in [0.15, 0.2) is 30.3 Å². The summed E-state index contributed by atoms with van der Waals surface area (Å²) >= 11 is 0. The molecule has 140 valence electrons. The number of carbonyl (C=O) groups is 3. The van der Waals surface area contributed by atoms with E-state index in [0.29, 0.717) is 19.7 Å². The standard InChI is InChI=1S/C19H25N3O4/c1-20-16(18(24)21(2)19(20)25)12-17(23)22-10-8-15(9-11-22)26-13-14-6-4-3-5-7-14/h3-7,15-16H,8-13H2,1-2H3/t16-/m1/s1. The third kappa shape index (κ3) is 3.88. The van der Waals surface area contributed by atoms with Crippen molar-refractivity contribution in [3.63, 3.8) is 0 Å². The Kier molecular flexibility index (Phi) is 5.56. The van der Waals surface area contributed by atoms with Crippen molar-refractivity contribution in [1.82, 2.24) is 14.7 Å². The molecule has 2 aliphatic rings. The molecule has 7 nitrogen and oxygen atoms in total. The Morgan fingerprint density at radius 2 is 1.77 bits per heavy atom. The average Bonchev–Trinajstić information content (AvgIpc) is 2.85. The number of hydrogen-bond acceptors (Lipinski definition) is 4. The molecule has 4 amide bonds. The third-order valence-electron chi connectivity index (χ3n) is 5.16. The first-order valence-corrected chi connectivity index (χ1v) is 8.95. The molecule has 7 heteroatoms. The first-order valence-electron chi connectivity index (χ1n) is 8.95. The SMILES string of the molecule is CN1C(=O)[C@@H](CC(=O)N2CCC(OCc3ccccc3)CC2)N(C)C1=O. The van der Waals surface area contributed by atoms with E-state index in [-0.39, 0.29) is 30.4 Å². The Morgan fingerprint density at radius 1 is 1.12 bits per heavy atom. The molecule has 0 radical (unpaired) electrons. The monoisotopic (exact) mass is 359 g/mol. The van der Waals surface area contributed by atoms with E-state index in [1.807, 2.05) is 30.3 Å². The van der Waals surface area contributed by atoms with Crippen molar-refractivity contribution < 1.29 is 19.1 Å². The number of hydrogen-bond donors (Lipinski definition) is 0. The van der Waals surface area contributed by atoms with Gasteiger partial charge < -0.3 is 14.5 Å². The molecule has 0 N–H and O–H groups in total. The molecule has 0 saturated carbocycles. The van der Waals surface area contributed by atoms with Crippen molar-refractivity contribution in [3.05, 3.63) is 35.9 Å². The van der Waals surface area contributed by atoms with Crippen molar-refractivity contribution in [2.45, 2.75) is 38.0 Å². The second-order valence-electron chi connectivity index (χ2n) is 6.89. The van der Waals surface area contributed by atoms with E-state index in [4.69, 9.17) is 4.74 Å². The maximum absolute atomic E-state index is 12.5. The van der Waals surface area contributed by atoms with Crippen molar-refractivity contribution in [1.29, 1.82) is 0 Å². The van der Waals surface area contributed by atoms with Gasteiger partial charge in [0.1, 0.15) is 6.04 Å². The van der Waals surface area contributed by atoms with Gasteiger partial charge in [-0.1, -0.05) is 30.3 Å².